The molecule has 0 spiro atoms. The molecule has 0 amide bonds. The Kier molecular flexibility index (Phi) is 2.55. The van der Waals surface area contributed by atoms with E-state index in [9.17, 15) is 14.3 Å². The van der Waals surface area contributed by atoms with Gasteiger partial charge in [-0.2, -0.15) is 0 Å². The third-order valence-corrected chi connectivity index (χ3v) is 2.28. The van der Waals surface area contributed by atoms with Crippen LogP contribution in [-0.2, 0) is 0 Å². The standard InChI is InChI=1S/C11H8FNO4/c1-5-2-6(7(12)3-9(5)14)8-4-10(11(15)16)17-13-8/h2-4,14H,1H3,(H,15,16). The van der Waals surface area contributed by atoms with Crippen molar-refractivity contribution in [1.29, 1.82) is 0 Å². The molecule has 6 heteroatoms. The molecule has 17 heavy (non-hydrogen) atoms. The average molecular weight is 237 g/mol. The van der Waals surface area contributed by atoms with Crippen LogP contribution in [0.3, 0.4) is 0 Å². The lowest BCUT2D eigenvalue weighted by molar-refractivity contribution is 0.0652. The van der Waals surface area contributed by atoms with Crippen molar-refractivity contribution in [2.45, 2.75) is 6.92 Å². The van der Waals surface area contributed by atoms with Crippen LogP contribution in [0.25, 0.3) is 11.3 Å². The van der Waals surface area contributed by atoms with Gasteiger partial charge in [-0.1, -0.05) is 5.16 Å². The highest BCUT2D eigenvalue weighted by Crippen LogP contribution is 2.28. The van der Waals surface area contributed by atoms with Gasteiger partial charge >= 0.3 is 5.97 Å². The van der Waals surface area contributed by atoms with E-state index in [0.717, 1.165) is 12.1 Å². The second-order valence-electron chi connectivity index (χ2n) is 3.50. The summed E-state index contributed by atoms with van der Waals surface area (Å²) >= 11 is 0. The Balaban J connectivity index is 2.52. The molecule has 0 saturated carbocycles. The lowest BCUT2D eigenvalue weighted by atomic mass is 10.1. The molecule has 0 atom stereocenters. The first-order valence-electron chi connectivity index (χ1n) is 4.68. The number of nitrogens with zero attached hydrogens (tertiary/aromatic N) is 1. The summed E-state index contributed by atoms with van der Waals surface area (Å²) in [4.78, 5) is 10.6. The fourth-order valence-electron chi connectivity index (χ4n) is 1.37. The second kappa shape index (κ2) is 3.89. The van der Waals surface area contributed by atoms with E-state index in [2.05, 4.69) is 9.68 Å². The first kappa shape index (κ1) is 11.1. The van der Waals surface area contributed by atoms with Crippen LogP contribution in [0, 0.1) is 12.7 Å². The number of halogens is 1. The number of aromatic hydroxyl groups is 1. The Morgan fingerprint density at radius 1 is 1.41 bits per heavy atom. The number of carboxylic acids is 1. The molecule has 1 aromatic heterocycles. The van der Waals surface area contributed by atoms with Gasteiger partial charge in [0, 0.05) is 17.7 Å². The van der Waals surface area contributed by atoms with Gasteiger partial charge in [0.15, 0.2) is 0 Å². The summed E-state index contributed by atoms with van der Waals surface area (Å²) in [5.74, 6) is -2.52. The summed E-state index contributed by atoms with van der Waals surface area (Å²) in [7, 11) is 0. The molecule has 2 aromatic rings. The number of benzene rings is 1. The predicted octanol–water partition coefficient (Wildman–Crippen LogP) is 2.19. The summed E-state index contributed by atoms with van der Waals surface area (Å²) < 4.78 is 18.1. The van der Waals surface area contributed by atoms with Crippen LogP contribution in [0.1, 0.15) is 16.1 Å². The number of carboxylic acid groups (broad SMARTS) is 1. The number of aryl methyl sites for hydroxylation is 1. The van der Waals surface area contributed by atoms with Crippen LogP contribution in [0.2, 0.25) is 0 Å². The third-order valence-electron chi connectivity index (χ3n) is 2.28. The number of phenols is 1. The van der Waals surface area contributed by atoms with Gasteiger partial charge < -0.3 is 14.7 Å². The van der Waals surface area contributed by atoms with E-state index in [0.29, 0.717) is 5.56 Å². The van der Waals surface area contributed by atoms with Crippen LogP contribution in [0.4, 0.5) is 4.39 Å². The predicted molar refractivity (Wildman–Crippen MR) is 55.3 cm³/mol. The molecule has 0 aliphatic heterocycles. The van der Waals surface area contributed by atoms with E-state index in [1.807, 2.05) is 0 Å². The fourth-order valence-corrected chi connectivity index (χ4v) is 1.37. The minimum Gasteiger partial charge on any atom is -0.508 e. The van der Waals surface area contributed by atoms with E-state index < -0.39 is 11.8 Å². The number of phenolic OH excluding ortho intramolecular Hbond substituents is 1. The van der Waals surface area contributed by atoms with Gasteiger partial charge in [0.05, 0.1) is 0 Å². The maximum Gasteiger partial charge on any atom is 0.374 e. The number of carbonyl (C=O) groups is 1. The number of aromatic nitrogens is 1. The summed E-state index contributed by atoms with van der Waals surface area (Å²) in [5, 5.41) is 21.4. The maximum atomic E-state index is 13.5. The Morgan fingerprint density at radius 2 is 2.12 bits per heavy atom. The summed E-state index contributed by atoms with van der Waals surface area (Å²) in [6.07, 6.45) is 0. The summed E-state index contributed by atoms with van der Waals surface area (Å²) in [5.41, 5.74) is 0.612. The molecule has 0 bridgehead atoms. The Bertz CT molecular complexity index is 591. The minimum atomic E-state index is -1.28. The molecule has 1 aromatic carbocycles. The number of hydrogen-bond donors (Lipinski definition) is 2. The van der Waals surface area contributed by atoms with Crippen LogP contribution >= 0.6 is 0 Å². The Labute approximate surface area is 95.1 Å². The highest BCUT2D eigenvalue weighted by Gasteiger charge is 2.16. The molecule has 0 radical (unpaired) electrons. The average Bonchev–Trinajstić information content (AvgIpc) is 2.72. The first-order valence-corrected chi connectivity index (χ1v) is 4.68. The zero-order valence-corrected chi connectivity index (χ0v) is 8.77. The Hall–Kier alpha value is -2.37. The highest BCUT2D eigenvalue weighted by atomic mass is 19.1. The lowest BCUT2D eigenvalue weighted by Gasteiger charge is -2.02. The smallest absolute Gasteiger partial charge is 0.374 e. The van der Waals surface area contributed by atoms with Gasteiger partial charge in [0.2, 0.25) is 5.76 Å². The van der Waals surface area contributed by atoms with E-state index in [-0.39, 0.29) is 22.8 Å². The summed E-state index contributed by atoms with van der Waals surface area (Å²) in [6, 6.07) is 3.44. The SMILES string of the molecule is Cc1cc(-c2cc(C(=O)O)on2)c(F)cc1O. The first-order chi connectivity index (χ1) is 7.99. The van der Waals surface area contributed by atoms with Crippen molar-refractivity contribution in [3.8, 4) is 17.0 Å². The number of hydrogen-bond acceptors (Lipinski definition) is 4. The van der Waals surface area contributed by atoms with Gasteiger partial charge in [-0.05, 0) is 18.6 Å². The van der Waals surface area contributed by atoms with Crippen LogP contribution in [0.5, 0.6) is 5.75 Å². The molecule has 2 rings (SSSR count). The van der Waals surface area contributed by atoms with Gasteiger partial charge in [-0.15, -0.1) is 0 Å². The molecule has 0 fully saturated rings. The van der Waals surface area contributed by atoms with Crippen molar-refractivity contribution in [3.05, 3.63) is 35.3 Å². The number of aromatic carboxylic acids is 1. The molecular weight excluding hydrogens is 229 g/mol. The van der Waals surface area contributed by atoms with E-state index >= 15 is 0 Å². The van der Waals surface area contributed by atoms with Crippen LogP contribution in [-0.4, -0.2) is 21.3 Å². The van der Waals surface area contributed by atoms with Gasteiger partial charge in [0.1, 0.15) is 17.3 Å². The molecule has 5 nitrogen and oxygen atoms in total. The van der Waals surface area contributed by atoms with Gasteiger partial charge in [-0.3, -0.25) is 0 Å². The minimum absolute atomic E-state index is 0.0722. The normalized spacial score (nSPS) is 10.5. The van der Waals surface area contributed by atoms with Crippen molar-refractivity contribution < 1.29 is 23.9 Å². The summed E-state index contributed by atoms with van der Waals surface area (Å²) in [6.45, 7) is 1.59. The maximum absolute atomic E-state index is 13.5. The largest absolute Gasteiger partial charge is 0.508 e. The second-order valence-corrected chi connectivity index (χ2v) is 3.50. The van der Waals surface area contributed by atoms with Crippen LogP contribution in [0.15, 0.2) is 22.7 Å². The molecule has 2 N–H and O–H groups in total. The molecule has 0 aliphatic carbocycles. The molecule has 0 saturated heterocycles. The van der Waals surface area contributed by atoms with Gasteiger partial charge in [-0.25, -0.2) is 9.18 Å². The van der Waals surface area contributed by atoms with Crippen molar-refractivity contribution in [1.82, 2.24) is 5.16 Å². The zero-order chi connectivity index (χ0) is 12.6. The van der Waals surface area contributed by atoms with Gasteiger partial charge in [0.25, 0.3) is 0 Å². The number of rotatable bonds is 2. The van der Waals surface area contributed by atoms with E-state index in [4.69, 9.17) is 5.11 Å². The van der Waals surface area contributed by atoms with Crippen molar-refractivity contribution in [2.75, 3.05) is 0 Å². The topological polar surface area (TPSA) is 83.6 Å². The van der Waals surface area contributed by atoms with Crippen LogP contribution < -0.4 is 0 Å². The molecule has 88 valence electrons. The molecule has 0 unspecified atom stereocenters. The lowest BCUT2D eigenvalue weighted by Crippen LogP contribution is -1.91. The molecule has 0 aliphatic rings. The molecule has 1 heterocycles. The van der Waals surface area contributed by atoms with Crippen molar-refractivity contribution >= 4 is 5.97 Å². The quantitative estimate of drug-likeness (QED) is 0.836. The zero-order valence-electron chi connectivity index (χ0n) is 8.77. The van der Waals surface area contributed by atoms with E-state index in [1.165, 1.54) is 6.07 Å². The monoisotopic (exact) mass is 237 g/mol. The fraction of sp³-hybridized carbons (Fsp3) is 0.0909. The Morgan fingerprint density at radius 3 is 2.71 bits per heavy atom. The highest BCUT2D eigenvalue weighted by molar-refractivity contribution is 5.85. The van der Waals surface area contributed by atoms with E-state index in [1.54, 1.807) is 6.92 Å². The van der Waals surface area contributed by atoms with Crippen molar-refractivity contribution in [3.63, 3.8) is 0 Å². The van der Waals surface area contributed by atoms with Crippen molar-refractivity contribution in [2.24, 2.45) is 0 Å². The molecular formula is C11H8FNO4. The third kappa shape index (κ3) is 1.96.